The van der Waals surface area contributed by atoms with Gasteiger partial charge in [-0.25, -0.2) is 9.59 Å². The van der Waals surface area contributed by atoms with Crippen molar-refractivity contribution in [2.24, 2.45) is 41.2 Å². The fourth-order valence-corrected chi connectivity index (χ4v) is 8.94. The van der Waals surface area contributed by atoms with Crippen molar-refractivity contribution in [1.29, 1.82) is 0 Å². The van der Waals surface area contributed by atoms with Gasteiger partial charge in [-0.1, -0.05) is 89.1 Å². The van der Waals surface area contributed by atoms with Crippen molar-refractivity contribution in [3.05, 3.63) is 59.4 Å². The molecule has 0 saturated carbocycles. The van der Waals surface area contributed by atoms with Gasteiger partial charge in [-0.3, -0.25) is 0 Å². The molecule has 60 heavy (non-hydrogen) atoms. The molecule has 3 aliphatic heterocycles. The summed E-state index contributed by atoms with van der Waals surface area (Å²) in [6.07, 6.45) is 4.25. The van der Waals surface area contributed by atoms with Crippen molar-refractivity contribution in [2.75, 3.05) is 14.2 Å². The SMILES string of the molecule is C/C=C/[C@H]1O[C@@H]([C@@H](C)[C@H](O)[C@H](C)[C@H]2OC(=O)/C(OC)=C/C(C)=C/[C@@H](C)[C@@H](O)[C@@H](CC)[C@H](O)[C@H](C)C/C(C)=C/C=C/[C@@H]2OC)C[C@@H](O[C@H]2C[C@@H](O)[C@H](OC(N)=O)[C@@H](C)O2)[C@@H]1C. The van der Waals surface area contributed by atoms with Crippen LogP contribution in [-0.2, 0) is 38.0 Å². The van der Waals surface area contributed by atoms with Gasteiger partial charge in [-0.05, 0) is 52.5 Å². The standard InChI is InChI=1S/C46H75NO13/c1-13-16-34-28(7)36(58-39-22-33(48)44(31(10)56-39)60-46(47)53)23-37(57-34)29(8)42(51)30(9)43-35(54-11)18-15-17-24(3)19-26(5)40(49)32(14-2)41(50)27(6)20-25(4)21-38(55-12)45(52)59-43/h13,15-18,20-21,26-37,39-44,48-51H,14,19,22-23H2,1-12H3,(H2,47,53)/b16-13+,18-15+,24-17+,25-20+,38-21-/t26-,27-,28-,29-,30+,31-,32+,33-,34-,35+,36-,37-,39+,40-,41-,42+,43-,44-/m1/s1. The van der Waals surface area contributed by atoms with Gasteiger partial charge in [-0.15, -0.1) is 0 Å². The summed E-state index contributed by atoms with van der Waals surface area (Å²) in [6, 6.07) is 0. The average Bonchev–Trinajstić information content (AvgIpc) is 3.19. The monoisotopic (exact) mass is 850 g/mol. The third-order valence-electron chi connectivity index (χ3n) is 12.6. The minimum atomic E-state index is -1.07. The van der Waals surface area contributed by atoms with Crippen LogP contribution in [0.25, 0.3) is 0 Å². The number of esters is 1. The first-order valence-corrected chi connectivity index (χ1v) is 21.6. The number of aliphatic hydroxyl groups is 4. The maximum atomic E-state index is 13.9. The van der Waals surface area contributed by atoms with Crippen LogP contribution in [-0.4, -0.2) is 120 Å². The van der Waals surface area contributed by atoms with E-state index < -0.39 is 91.2 Å². The second kappa shape index (κ2) is 23.9. The molecular weight excluding hydrogens is 775 g/mol. The highest BCUT2D eigenvalue weighted by Gasteiger charge is 2.46. The maximum absolute atomic E-state index is 13.9. The van der Waals surface area contributed by atoms with E-state index in [4.69, 9.17) is 38.9 Å². The first-order valence-electron chi connectivity index (χ1n) is 21.6. The van der Waals surface area contributed by atoms with Crippen LogP contribution in [0.5, 0.6) is 0 Å². The Labute approximate surface area is 357 Å². The number of hydrogen-bond donors (Lipinski definition) is 5. The Bertz CT molecular complexity index is 1510. The Kier molecular flexibility index (Phi) is 20.5. The number of hydrogen-bond acceptors (Lipinski definition) is 13. The van der Waals surface area contributed by atoms with E-state index in [-0.39, 0.29) is 42.0 Å². The van der Waals surface area contributed by atoms with Crippen molar-refractivity contribution in [3.8, 4) is 0 Å². The molecule has 1 amide bonds. The lowest BCUT2D eigenvalue weighted by molar-refractivity contribution is -0.279. The predicted octanol–water partition coefficient (Wildman–Crippen LogP) is 5.66. The van der Waals surface area contributed by atoms with Crippen LogP contribution in [0.2, 0.25) is 0 Å². The molecule has 0 spiro atoms. The van der Waals surface area contributed by atoms with Crippen LogP contribution in [0.15, 0.2) is 59.4 Å². The first kappa shape index (κ1) is 51.3. The molecule has 3 rings (SSSR count). The summed E-state index contributed by atoms with van der Waals surface area (Å²) in [5.41, 5.74) is 6.87. The van der Waals surface area contributed by atoms with E-state index in [0.717, 1.165) is 5.57 Å². The van der Waals surface area contributed by atoms with Crippen molar-refractivity contribution < 1.29 is 63.2 Å². The molecule has 0 radical (unpaired) electrons. The molecular formula is C46H75NO13. The number of nitrogens with two attached hydrogens (primary N) is 1. The number of amides is 1. The highest BCUT2D eigenvalue weighted by molar-refractivity contribution is 5.87. The second-order valence-corrected chi connectivity index (χ2v) is 17.3. The van der Waals surface area contributed by atoms with E-state index >= 15 is 0 Å². The molecule has 0 unspecified atom stereocenters. The highest BCUT2D eigenvalue weighted by Crippen LogP contribution is 2.38. The molecule has 3 heterocycles. The van der Waals surface area contributed by atoms with Gasteiger partial charge in [0.05, 0.1) is 55.9 Å². The number of rotatable bonds is 11. The molecule has 342 valence electrons. The zero-order valence-corrected chi connectivity index (χ0v) is 37.8. The zero-order valence-electron chi connectivity index (χ0n) is 37.8. The molecule has 2 saturated heterocycles. The van der Waals surface area contributed by atoms with E-state index in [2.05, 4.69) is 0 Å². The number of ether oxygens (including phenoxy) is 7. The minimum Gasteiger partial charge on any atom is -0.490 e. The number of methoxy groups -OCH3 is 2. The summed E-state index contributed by atoms with van der Waals surface area (Å²) in [7, 11) is 2.89. The van der Waals surface area contributed by atoms with E-state index in [1.807, 2.05) is 78.8 Å². The van der Waals surface area contributed by atoms with Crippen molar-refractivity contribution in [2.45, 2.75) is 168 Å². The van der Waals surface area contributed by atoms with Crippen molar-refractivity contribution in [1.82, 2.24) is 0 Å². The lowest BCUT2D eigenvalue weighted by atomic mass is 9.79. The number of primary amides is 1. The first-order chi connectivity index (χ1) is 28.3. The fourth-order valence-electron chi connectivity index (χ4n) is 8.94. The Morgan fingerprint density at radius 3 is 2.30 bits per heavy atom. The number of allylic oxidation sites excluding steroid dienone is 6. The number of carbonyl (C=O) groups is 2. The highest BCUT2D eigenvalue weighted by atomic mass is 16.7. The van der Waals surface area contributed by atoms with Crippen molar-refractivity contribution >= 4 is 12.1 Å². The summed E-state index contributed by atoms with van der Waals surface area (Å²) >= 11 is 0. The van der Waals surface area contributed by atoms with Gasteiger partial charge in [-0.2, -0.15) is 0 Å². The Morgan fingerprint density at radius 2 is 1.72 bits per heavy atom. The fraction of sp³-hybridized carbons (Fsp3) is 0.739. The second-order valence-electron chi connectivity index (χ2n) is 17.3. The van der Waals surface area contributed by atoms with Crippen LogP contribution in [0, 0.1) is 35.5 Å². The van der Waals surface area contributed by atoms with Gasteiger partial charge in [0.25, 0.3) is 0 Å². The topological polar surface area (TPSA) is 206 Å². The summed E-state index contributed by atoms with van der Waals surface area (Å²) in [5.74, 6) is -2.97. The molecule has 0 aliphatic carbocycles. The summed E-state index contributed by atoms with van der Waals surface area (Å²) in [5, 5.41) is 45.7. The van der Waals surface area contributed by atoms with Gasteiger partial charge in [0.15, 0.2) is 12.4 Å². The van der Waals surface area contributed by atoms with Crippen LogP contribution < -0.4 is 5.73 Å². The van der Waals surface area contributed by atoms with Crippen LogP contribution in [0.1, 0.15) is 94.9 Å². The number of aliphatic hydroxyl groups excluding tert-OH is 4. The Morgan fingerprint density at radius 1 is 1.03 bits per heavy atom. The van der Waals surface area contributed by atoms with Gasteiger partial charge in [0, 0.05) is 49.5 Å². The van der Waals surface area contributed by atoms with E-state index in [9.17, 15) is 30.0 Å². The lowest BCUT2D eigenvalue weighted by Crippen LogP contribution is -2.54. The largest absolute Gasteiger partial charge is 0.490 e. The van der Waals surface area contributed by atoms with Crippen molar-refractivity contribution in [3.63, 3.8) is 0 Å². The summed E-state index contributed by atoms with van der Waals surface area (Å²) in [4.78, 5) is 25.3. The number of cyclic esters (lactones) is 1. The maximum Gasteiger partial charge on any atom is 0.404 e. The van der Waals surface area contributed by atoms with Gasteiger partial charge in [0.1, 0.15) is 12.2 Å². The summed E-state index contributed by atoms with van der Waals surface area (Å²) in [6.45, 7) is 18.9. The van der Waals surface area contributed by atoms with Gasteiger partial charge < -0.3 is 59.3 Å². The molecule has 3 aliphatic rings. The molecule has 2 fully saturated rings. The Hall–Kier alpha value is -3.08. The zero-order chi connectivity index (χ0) is 45.0. The summed E-state index contributed by atoms with van der Waals surface area (Å²) < 4.78 is 41.9. The van der Waals surface area contributed by atoms with E-state index in [1.165, 1.54) is 14.2 Å². The van der Waals surface area contributed by atoms with Crippen LogP contribution in [0.4, 0.5) is 4.79 Å². The lowest BCUT2D eigenvalue weighted by Gasteiger charge is -2.46. The quantitative estimate of drug-likeness (QED) is 0.126. The van der Waals surface area contributed by atoms with E-state index in [0.29, 0.717) is 24.8 Å². The molecule has 6 N–H and O–H groups in total. The molecule has 14 heteroatoms. The molecule has 0 aromatic carbocycles. The van der Waals surface area contributed by atoms with Crippen LogP contribution in [0.3, 0.4) is 0 Å². The molecule has 0 aromatic rings. The smallest absolute Gasteiger partial charge is 0.404 e. The molecule has 0 bridgehead atoms. The molecule has 14 nitrogen and oxygen atoms in total. The van der Waals surface area contributed by atoms with Crippen LogP contribution >= 0.6 is 0 Å². The minimum absolute atomic E-state index is 0.0583. The van der Waals surface area contributed by atoms with E-state index in [1.54, 1.807) is 32.9 Å². The average molecular weight is 850 g/mol. The normalized spacial score (nSPS) is 41.4. The third-order valence-corrected chi connectivity index (χ3v) is 12.6. The Balaban J connectivity index is 1.96. The molecule has 0 aromatic heterocycles. The van der Waals surface area contributed by atoms with Gasteiger partial charge >= 0.3 is 12.1 Å². The number of carbonyl (C=O) groups excluding carboxylic acids is 2. The predicted molar refractivity (Wildman–Crippen MR) is 227 cm³/mol. The molecule has 18 atom stereocenters. The van der Waals surface area contributed by atoms with Gasteiger partial charge in [0.2, 0.25) is 5.76 Å². The third kappa shape index (κ3) is 13.7.